The second-order valence-corrected chi connectivity index (χ2v) is 5.73. The van der Waals surface area contributed by atoms with Crippen LogP contribution in [0.2, 0.25) is 0 Å². The van der Waals surface area contributed by atoms with Crippen molar-refractivity contribution < 1.29 is 9.21 Å². The molecule has 1 amide bonds. The smallest absolute Gasteiger partial charge is 0.240 e. The fraction of sp³-hybridized carbons (Fsp3) is 0.429. The number of fused-ring (bicyclic) bond motifs is 1. The summed E-state index contributed by atoms with van der Waals surface area (Å²) in [5, 5.41) is 2.74. The summed E-state index contributed by atoms with van der Waals surface area (Å²) in [6.07, 6.45) is 0. The van der Waals surface area contributed by atoms with Crippen molar-refractivity contribution in [1.82, 2.24) is 4.98 Å². The Morgan fingerprint density at radius 2 is 2.11 bits per heavy atom. The monoisotopic (exact) mass is 261 g/mol. The summed E-state index contributed by atoms with van der Waals surface area (Å²) in [5.41, 5.74) is 7.48. The molecule has 1 heterocycles. The van der Waals surface area contributed by atoms with E-state index in [4.69, 9.17) is 10.2 Å². The molecular weight excluding hydrogens is 242 g/mol. The number of benzene rings is 1. The number of nitrogens with zero attached hydrogens (tertiary/aromatic N) is 1. The van der Waals surface area contributed by atoms with Crippen molar-refractivity contribution in [2.75, 3.05) is 5.32 Å². The van der Waals surface area contributed by atoms with Crippen LogP contribution in [0, 0.1) is 0 Å². The summed E-state index contributed by atoms with van der Waals surface area (Å²) in [6, 6.07) is 4.82. The lowest BCUT2D eigenvalue weighted by Gasteiger charge is -2.11. The molecule has 1 aromatic carbocycles. The van der Waals surface area contributed by atoms with Crippen molar-refractivity contribution in [2.24, 2.45) is 5.73 Å². The van der Waals surface area contributed by atoms with Gasteiger partial charge < -0.3 is 15.5 Å². The van der Waals surface area contributed by atoms with Crippen molar-refractivity contribution in [3.8, 4) is 0 Å². The van der Waals surface area contributed by atoms with Crippen LogP contribution in [-0.2, 0) is 10.2 Å². The Bertz CT molecular complexity index is 609. The molecule has 19 heavy (non-hydrogen) atoms. The number of nitrogens with two attached hydrogens (primary N) is 1. The van der Waals surface area contributed by atoms with E-state index in [1.165, 1.54) is 0 Å². The molecule has 3 N–H and O–H groups in total. The molecule has 1 aromatic heterocycles. The highest BCUT2D eigenvalue weighted by molar-refractivity contribution is 5.95. The number of carbonyl (C=O) groups is 1. The van der Waals surface area contributed by atoms with Crippen molar-refractivity contribution in [2.45, 2.75) is 39.2 Å². The SMILES string of the molecule is C[C@@H](N)C(=O)Nc1ccc2oc(C(C)(C)C)nc2c1. The van der Waals surface area contributed by atoms with Gasteiger partial charge in [-0.05, 0) is 25.1 Å². The average molecular weight is 261 g/mol. The molecule has 0 aliphatic heterocycles. The summed E-state index contributed by atoms with van der Waals surface area (Å²) in [6.45, 7) is 7.76. The van der Waals surface area contributed by atoms with Crippen LogP contribution in [0.3, 0.4) is 0 Å². The van der Waals surface area contributed by atoms with E-state index in [9.17, 15) is 4.79 Å². The Labute approximate surface area is 112 Å². The molecule has 5 heteroatoms. The van der Waals surface area contributed by atoms with Crippen molar-refractivity contribution >= 4 is 22.7 Å². The van der Waals surface area contributed by atoms with Crippen molar-refractivity contribution in [3.05, 3.63) is 24.1 Å². The fourth-order valence-corrected chi connectivity index (χ4v) is 1.58. The first kappa shape index (κ1) is 13.5. The minimum Gasteiger partial charge on any atom is -0.440 e. The van der Waals surface area contributed by atoms with Gasteiger partial charge in [0.15, 0.2) is 5.58 Å². The highest BCUT2D eigenvalue weighted by Crippen LogP contribution is 2.27. The summed E-state index contributed by atoms with van der Waals surface area (Å²) >= 11 is 0. The standard InChI is InChI=1S/C14H19N3O2/c1-8(15)12(18)16-9-5-6-11-10(7-9)17-13(19-11)14(2,3)4/h5-8H,15H2,1-4H3,(H,16,18)/t8-/m1/s1. The van der Waals surface area contributed by atoms with Gasteiger partial charge in [-0.2, -0.15) is 0 Å². The number of oxazole rings is 1. The normalized spacial score (nSPS) is 13.5. The molecule has 0 unspecified atom stereocenters. The van der Waals surface area contributed by atoms with E-state index in [2.05, 4.69) is 10.3 Å². The topological polar surface area (TPSA) is 81.2 Å². The maximum absolute atomic E-state index is 11.5. The number of aromatic nitrogens is 1. The maximum Gasteiger partial charge on any atom is 0.240 e. The minimum absolute atomic E-state index is 0.145. The molecule has 2 aromatic rings. The van der Waals surface area contributed by atoms with Gasteiger partial charge >= 0.3 is 0 Å². The second kappa shape index (κ2) is 4.66. The first-order valence-electron chi connectivity index (χ1n) is 6.25. The van der Waals surface area contributed by atoms with Crippen LogP contribution in [0.15, 0.2) is 22.6 Å². The van der Waals surface area contributed by atoms with Gasteiger partial charge in [0.25, 0.3) is 0 Å². The van der Waals surface area contributed by atoms with Crippen LogP contribution in [0.25, 0.3) is 11.1 Å². The van der Waals surface area contributed by atoms with Crippen molar-refractivity contribution in [3.63, 3.8) is 0 Å². The molecule has 0 saturated carbocycles. The first-order valence-corrected chi connectivity index (χ1v) is 6.25. The van der Waals surface area contributed by atoms with Gasteiger partial charge in [0.2, 0.25) is 11.8 Å². The van der Waals surface area contributed by atoms with Gasteiger partial charge in [0.05, 0.1) is 6.04 Å². The number of anilines is 1. The molecule has 0 bridgehead atoms. The molecule has 2 rings (SSSR count). The third kappa shape index (κ3) is 2.93. The number of amides is 1. The van der Waals surface area contributed by atoms with E-state index < -0.39 is 6.04 Å². The number of carbonyl (C=O) groups excluding carboxylic acids is 1. The first-order chi connectivity index (χ1) is 8.77. The van der Waals surface area contributed by atoms with Gasteiger partial charge in [0, 0.05) is 11.1 Å². The average Bonchev–Trinajstić information content (AvgIpc) is 2.71. The highest BCUT2D eigenvalue weighted by Gasteiger charge is 2.21. The Hall–Kier alpha value is -1.88. The summed E-state index contributed by atoms with van der Waals surface area (Å²) in [7, 11) is 0. The second-order valence-electron chi connectivity index (χ2n) is 5.73. The van der Waals surface area contributed by atoms with Crippen LogP contribution in [0.1, 0.15) is 33.6 Å². The molecule has 1 atom stereocenters. The molecule has 0 fully saturated rings. The Balaban J connectivity index is 2.33. The van der Waals surface area contributed by atoms with E-state index in [0.717, 1.165) is 5.52 Å². The third-order valence-electron chi connectivity index (χ3n) is 2.71. The van der Waals surface area contributed by atoms with Crippen LogP contribution in [0.5, 0.6) is 0 Å². The summed E-state index contributed by atoms with van der Waals surface area (Å²) in [4.78, 5) is 16.0. The van der Waals surface area contributed by atoms with Gasteiger partial charge in [-0.25, -0.2) is 4.98 Å². The predicted molar refractivity (Wildman–Crippen MR) is 75.0 cm³/mol. The van der Waals surface area contributed by atoms with E-state index in [0.29, 0.717) is 17.2 Å². The number of rotatable bonds is 2. The molecular formula is C14H19N3O2. The third-order valence-corrected chi connectivity index (χ3v) is 2.71. The Morgan fingerprint density at radius 3 is 2.68 bits per heavy atom. The van der Waals surface area contributed by atoms with Crippen LogP contribution < -0.4 is 11.1 Å². The Kier molecular flexibility index (Phi) is 3.32. The molecule has 0 spiro atoms. The van der Waals surface area contributed by atoms with E-state index >= 15 is 0 Å². The van der Waals surface area contributed by atoms with Gasteiger partial charge in [-0.3, -0.25) is 4.79 Å². The zero-order chi connectivity index (χ0) is 14.2. The van der Waals surface area contributed by atoms with E-state index in [1.807, 2.05) is 20.8 Å². The molecule has 102 valence electrons. The predicted octanol–water partition coefficient (Wildman–Crippen LogP) is 2.41. The lowest BCUT2D eigenvalue weighted by atomic mass is 9.97. The van der Waals surface area contributed by atoms with Crippen molar-refractivity contribution in [1.29, 1.82) is 0 Å². The number of hydrogen-bond acceptors (Lipinski definition) is 4. The van der Waals surface area contributed by atoms with Gasteiger partial charge in [0.1, 0.15) is 5.52 Å². The molecule has 0 saturated heterocycles. The molecule has 0 radical (unpaired) electrons. The fourth-order valence-electron chi connectivity index (χ4n) is 1.58. The van der Waals surface area contributed by atoms with E-state index in [-0.39, 0.29) is 11.3 Å². The quantitative estimate of drug-likeness (QED) is 0.869. The summed E-state index contributed by atoms with van der Waals surface area (Å²) < 4.78 is 5.69. The van der Waals surface area contributed by atoms with E-state index in [1.54, 1.807) is 25.1 Å². The molecule has 0 aliphatic rings. The zero-order valence-corrected chi connectivity index (χ0v) is 11.7. The van der Waals surface area contributed by atoms with Crippen LogP contribution in [-0.4, -0.2) is 16.9 Å². The van der Waals surface area contributed by atoms with Gasteiger partial charge in [-0.1, -0.05) is 20.8 Å². The van der Waals surface area contributed by atoms with Gasteiger partial charge in [-0.15, -0.1) is 0 Å². The Morgan fingerprint density at radius 1 is 1.42 bits per heavy atom. The van der Waals surface area contributed by atoms with Crippen LogP contribution >= 0.6 is 0 Å². The summed E-state index contributed by atoms with van der Waals surface area (Å²) in [5.74, 6) is 0.456. The number of hydrogen-bond donors (Lipinski definition) is 2. The lowest BCUT2D eigenvalue weighted by Crippen LogP contribution is -2.32. The van der Waals surface area contributed by atoms with Crippen LogP contribution in [0.4, 0.5) is 5.69 Å². The lowest BCUT2D eigenvalue weighted by molar-refractivity contribution is -0.117. The zero-order valence-electron chi connectivity index (χ0n) is 11.7. The molecule has 0 aliphatic carbocycles. The largest absolute Gasteiger partial charge is 0.440 e. The minimum atomic E-state index is -0.543. The molecule has 5 nitrogen and oxygen atoms in total. The number of nitrogens with one attached hydrogen (secondary N) is 1. The highest BCUT2D eigenvalue weighted by atomic mass is 16.3. The maximum atomic E-state index is 11.5.